The fraction of sp³-hybridized carbons (Fsp3) is 1.00. The fourth-order valence-corrected chi connectivity index (χ4v) is 2.96. The molecule has 0 aromatic heterocycles. The molecule has 2 rings (SSSR count). The minimum Gasteiger partial charge on any atom is -0.315 e. The van der Waals surface area contributed by atoms with Gasteiger partial charge in [-0.1, -0.05) is 19.3 Å². The topological polar surface area (TPSA) is 15.3 Å². The number of rotatable bonds is 2. The molecule has 2 aliphatic rings. The fourth-order valence-electron chi connectivity index (χ4n) is 2.96. The first-order valence-corrected chi connectivity index (χ1v) is 6.30. The summed E-state index contributed by atoms with van der Waals surface area (Å²) >= 11 is 0. The molecule has 1 heterocycles. The summed E-state index contributed by atoms with van der Waals surface area (Å²) in [6.07, 6.45) is 9.97. The van der Waals surface area contributed by atoms with Crippen molar-refractivity contribution in [2.75, 3.05) is 20.1 Å². The van der Waals surface area contributed by atoms with E-state index in [1.54, 1.807) is 0 Å². The van der Waals surface area contributed by atoms with E-state index in [-0.39, 0.29) is 0 Å². The van der Waals surface area contributed by atoms with E-state index in [0.29, 0.717) is 0 Å². The number of nitrogens with zero attached hydrogens (tertiary/aromatic N) is 1. The van der Waals surface area contributed by atoms with Crippen LogP contribution < -0.4 is 5.32 Å². The molecule has 1 atom stereocenters. The molecular weight excluding hydrogens is 172 g/mol. The Labute approximate surface area is 88.1 Å². The molecular formula is C12H24N2. The highest BCUT2D eigenvalue weighted by Crippen LogP contribution is 2.25. The van der Waals surface area contributed by atoms with Gasteiger partial charge in [0.25, 0.3) is 0 Å². The summed E-state index contributed by atoms with van der Waals surface area (Å²) in [5, 5.41) is 3.56. The Kier molecular flexibility index (Phi) is 3.82. The Bertz CT molecular complexity index is 156. The third-order valence-electron chi connectivity index (χ3n) is 4.00. The third kappa shape index (κ3) is 2.48. The zero-order valence-electron chi connectivity index (χ0n) is 9.47. The Morgan fingerprint density at radius 2 is 1.57 bits per heavy atom. The molecule has 0 radical (unpaired) electrons. The summed E-state index contributed by atoms with van der Waals surface area (Å²) in [5.74, 6) is 0. The zero-order valence-corrected chi connectivity index (χ0v) is 9.47. The lowest BCUT2D eigenvalue weighted by Crippen LogP contribution is -2.43. The van der Waals surface area contributed by atoms with Gasteiger partial charge in [-0.3, -0.25) is 4.90 Å². The molecule has 0 spiro atoms. The van der Waals surface area contributed by atoms with Crippen LogP contribution in [0.4, 0.5) is 0 Å². The maximum atomic E-state index is 3.56. The highest BCUT2D eigenvalue weighted by Gasteiger charge is 2.25. The predicted molar refractivity (Wildman–Crippen MR) is 60.5 cm³/mol. The maximum absolute atomic E-state index is 3.56. The van der Waals surface area contributed by atoms with E-state index in [1.165, 1.54) is 58.0 Å². The highest BCUT2D eigenvalue weighted by atomic mass is 15.2. The van der Waals surface area contributed by atoms with Gasteiger partial charge in [0.15, 0.2) is 0 Å². The van der Waals surface area contributed by atoms with Crippen LogP contribution in [0.15, 0.2) is 0 Å². The van der Waals surface area contributed by atoms with Crippen molar-refractivity contribution < 1.29 is 0 Å². The van der Waals surface area contributed by atoms with E-state index in [0.717, 1.165) is 12.1 Å². The van der Waals surface area contributed by atoms with Crippen LogP contribution in [0, 0.1) is 0 Å². The second-order valence-electron chi connectivity index (χ2n) is 4.96. The lowest BCUT2D eigenvalue weighted by molar-refractivity contribution is 0.167. The van der Waals surface area contributed by atoms with Gasteiger partial charge in [-0.15, -0.1) is 0 Å². The van der Waals surface area contributed by atoms with E-state index in [4.69, 9.17) is 0 Å². The van der Waals surface area contributed by atoms with Gasteiger partial charge in [0.1, 0.15) is 0 Å². The van der Waals surface area contributed by atoms with Gasteiger partial charge in [-0.2, -0.15) is 0 Å². The van der Waals surface area contributed by atoms with Crippen molar-refractivity contribution in [3.05, 3.63) is 0 Å². The molecule has 0 aromatic rings. The van der Waals surface area contributed by atoms with Crippen molar-refractivity contribution in [2.24, 2.45) is 0 Å². The summed E-state index contributed by atoms with van der Waals surface area (Å²) < 4.78 is 0. The standard InChI is InChI=1S/C12H24N2/c1-14(11-6-2-3-7-11)12-8-4-5-9-13-10-12/h11-13H,2-10H2,1H3. The highest BCUT2D eigenvalue weighted by molar-refractivity contribution is 4.82. The van der Waals surface area contributed by atoms with E-state index in [2.05, 4.69) is 17.3 Å². The monoisotopic (exact) mass is 196 g/mol. The van der Waals surface area contributed by atoms with Gasteiger partial charge < -0.3 is 5.32 Å². The van der Waals surface area contributed by atoms with Crippen LogP contribution in [0.25, 0.3) is 0 Å². The van der Waals surface area contributed by atoms with Crippen molar-refractivity contribution in [3.63, 3.8) is 0 Å². The largest absolute Gasteiger partial charge is 0.315 e. The summed E-state index contributed by atoms with van der Waals surface area (Å²) in [4.78, 5) is 2.66. The first-order chi connectivity index (χ1) is 6.88. The van der Waals surface area contributed by atoms with Crippen LogP contribution in [0.1, 0.15) is 44.9 Å². The molecule has 1 saturated carbocycles. The maximum Gasteiger partial charge on any atom is 0.0220 e. The first kappa shape index (κ1) is 10.4. The third-order valence-corrected chi connectivity index (χ3v) is 4.00. The summed E-state index contributed by atoms with van der Waals surface area (Å²) in [5.41, 5.74) is 0. The number of likely N-dealkylation sites (N-methyl/N-ethyl adjacent to an activating group) is 1. The van der Waals surface area contributed by atoms with Crippen molar-refractivity contribution in [1.82, 2.24) is 10.2 Å². The molecule has 1 aliphatic carbocycles. The molecule has 1 aliphatic heterocycles. The zero-order chi connectivity index (χ0) is 9.80. The van der Waals surface area contributed by atoms with Crippen LogP contribution >= 0.6 is 0 Å². The number of hydrogen-bond donors (Lipinski definition) is 1. The van der Waals surface area contributed by atoms with Gasteiger partial charge in [-0.25, -0.2) is 0 Å². The average molecular weight is 196 g/mol. The average Bonchev–Trinajstić information content (AvgIpc) is 2.59. The molecule has 2 fully saturated rings. The summed E-state index contributed by atoms with van der Waals surface area (Å²) in [6.45, 7) is 2.45. The van der Waals surface area contributed by atoms with Crippen LogP contribution in [-0.4, -0.2) is 37.1 Å². The Morgan fingerprint density at radius 3 is 2.36 bits per heavy atom. The molecule has 0 bridgehead atoms. The molecule has 0 amide bonds. The summed E-state index contributed by atoms with van der Waals surface area (Å²) in [7, 11) is 2.34. The molecule has 0 aromatic carbocycles. The van der Waals surface area contributed by atoms with Crippen LogP contribution in [-0.2, 0) is 0 Å². The van der Waals surface area contributed by atoms with Gasteiger partial charge in [0.05, 0.1) is 0 Å². The minimum atomic E-state index is 0.806. The molecule has 82 valence electrons. The van der Waals surface area contributed by atoms with Crippen molar-refractivity contribution in [2.45, 2.75) is 57.0 Å². The van der Waals surface area contributed by atoms with Crippen molar-refractivity contribution in [3.8, 4) is 0 Å². The van der Waals surface area contributed by atoms with E-state index in [9.17, 15) is 0 Å². The van der Waals surface area contributed by atoms with E-state index < -0.39 is 0 Å². The SMILES string of the molecule is CN(C1CCCC1)C1CCCCNC1. The van der Waals surface area contributed by atoms with Gasteiger partial charge >= 0.3 is 0 Å². The van der Waals surface area contributed by atoms with Gasteiger partial charge in [-0.05, 0) is 39.3 Å². The molecule has 14 heavy (non-hydrogen) atoms. The Hall–Kier alpha value is -0.0800. The normalized spacial score (nSPS) is 30.9. The van der Waals surface area contributed by atoms with E-state index in [1.807, 2.05) is 0 Å². The molecule has 1 N–H and O–H groups in total. The molecule has 1 saturated heterocycles. The van der Waals surface area contributed by atoms with E-state index >= 15 is 0 Å². The number of hydrogen-bond acceptors (Lipinski definition) is 2. The van der Waals surface area contributed by atoms with Crippen LogP contribution in [0.5, 0.6) is 0 Å². The predicted octanol–water partition coefficient (Wildman–Crippen LogP) is 2.00. The summed E-state index contributed by atoms with van der Waals surface area (Å²) in [6, 6.07) is 1.69. The van der Waals surface area contributed by atoms with Crippen LogP contribution in [0.2, 0.25) is 0 Å². The first-order valence-electron chi connectivity index (χ1n) is 6.30. The molecule has 2 heteroatoms. The lowest BCUT2D eigenvalue weighted by Gasteiger charge is -2.32. The van der Waals surface area contributed by atoms with Crippen molar-refractivity contribution >= 4 is 0 Å². The second-order valence-corrected chi connectivity index (χ2v) is 4.96. The molecule has 2 nitrogen and oxygen atoms in total. The van der Waals surface area contributed by atoms with Gasteiger partial charge in [0, 0.05) is 18.6 Å². The quantitative estimate of drug-likeness (QED) is 0.727. The smallest absolute Gasteiger partial charge is 0.0220 e. The Morgan fingerprint density at radius 1 is 0.929 bits per heavy atom. The number of nitrogens with one attached hydrogen (secondary N) is 1. The van der Waals surface area contributed by atoms with Crippen LogP contribution in [0.3, 0.4) is 0 Å². The minimum absolute atomic E-state index is 0.806. The van der Waals surface area contributed by atoms with Gasteiger partial charge in [0.2, 0.25) is 0 Å². The second kappa shape index (κ2) is 5.13. The lowest BCUT2D eigenvalue weighted by atomic mass is 10.1. The van der Waals surface area contributed by atoms with Crippen molar-refractivity contribution in [1.29, 1.82) is 0 Å². The Balaban J connectivity index is 1.84. The molecule has 1 unspecified atom stereocenters.